The van der Waals surface area contributed by atoms with Crippen LogP contribution in [0.2, 0.25) is 0 Å². The predicted molar refractivity (Wildman–Crippen MR) is 339 cm³/mol. The number of carboxylic acids is 2. The second-order valence-corrected chi connectivity index (χ2v) is 25.7. The van der Waals surface area contributed by atoms with Crippen molar-refractivity contribution in [3.63, 3.8) is 0 Å². The predicted octanol–water partition coefficient (Wildman–Crippen LogP) is 3.77. The Balaban J connectivity index is 0.881. The van der Waals surface area contributed by atoms with E-state index in [-0.39, 0.29) is 151 Å². The SMILES string of the molecule is Cc1ccc(Br)nc1NC(=O)[C@@H]1C[C@H](CNC(=O)COCCOCCNC(=O)COCCOCCNC(=O)CC[C@H](NC(=O)CCCCCCCCCCCCCCCCC(=O)O)C(=O)O)CN1C(=O)Cn1nc(C(N)=O)c2ccc(C(=O)NS(=O)(=O)C3CC3)cc21. The number of pyridine rings is 1. The number of anilines is 1. The second-order valence-electron chi connectivity index (χ2n) is 22.9. The molecule has 29 nitrogen and oxygen atoms in total. The van der Waals surface area contributed by atoms with Gasteiger partial charge in [-0.05, 0) is 97.1 Å². The zero-order valence-electron chi connectivity index (χ0n) is 52.3. The van der Waals surface area contributed by atoms with Crippen molar-refractivity contribution in [1.82, 2.24) is 45.7 Å². The number of hydrogen-bond donors (Lipinski definition) is 9. The van der Waals surface area contributed by atoms with Crippen LogP contribution in [0.3, 0.4) is 0 Å². The third kappa shape index (κ3) is 28.4. The number of nitrogens with one attached hydrogen (secondary N) is 6. The van der Waals surface area contributed by atoms with Gasteiger partial charge in [-0.3, -0.25) is 47.8 Å². The van der Waals surface area contributed by atoms with Crippen molar-refractivity contribution in [3.8, 4) is 0 Å². The number of nitrogens with zero attached hydrogens (tertiary/aromatic N) is 4. The van der Waals surface area contributed by atoms with Gasteiger partial charge in [-0.1, -0.05) is 83.1 Å². The first-order valence-corrected chi connectivity index (χ1v) is 33.9. The van der Waals surface area contributed by atoms with Crippen molar-refractivity contribution in [2.24, 2.45) is 11.7 Å². The lowest BCUT2D eigenvalue weighted by atomic mass is 10.0. The number of likely N-dealkylation sites (tertiary alicyclic amines) is 1. The number of amides is 8. The minimum absolute atomic E-state index is 0.0204. The van der Waals surface area contributed by atoms with Gasteiger partial charge in [0, 0.05) is 56.4 Å². The summed E-state index contributed by atoms with van der Waals surface area (Å²) in [6, 6.07) is 5.21. The van der Waals surface area contributed by atoms with Crippen molar-refractivity contribution in [1.29, 1.82) is 0 Å². The molecule has 3 aromatic rings. The first-order valence-electron chi connectivity index (χ1n) is 31.6. The Bertz CT molecular complexity index is 3070. The van der Waals surface area contributed by atoms with E-state index in [9.17, 15) is 61.5 Å². The third-order valence-corrected chi connectivity index (χ3v) is 17.6. The molecule has 1 aromatic carbocycles. The molecule has 0 spiro atoms. The molecular weight excluding hydrogens is 1290 g/mol. The van der Waals surface area contributed by atoms with Crippen LogP contribution < -0.4 is 37.0 Å². The normalized spacial score (nSPS) is 15.0. The fourth-order valence-corrected chi connectivity index (χ4v) is 11.7. The van der Waals surface area contributed by atoms with E-state index in [1.807, 2.05) is 0 Å². The van der Waals surface area contributed by atoms with E-state index in [0.29, 0.717) is 29.4 Å². The van der Waals surface area contributed by atoms with Gasteiger partial charge in [0.2, 0.25) is 45.5 Å². The molecule has 1 aliphatic carbocycles. The number of ether oxygens (including phenoxy) is 4. The average Bonchev–Trinajstić information content (AvgIpc) is 1.65. The maximum absolute atomic E-state index is 14.2. The minimum Gasteiger partial charge on any atom is -0.481 e. The lowest BCUT2D eigenvalue weighted by Crippen LogP contribution is -2.44. The van der Waals surface area contributed by atoms with Crippen molar-refractivity contribution < 1.29 is 85.5 Å². The number of aryl methyl sites for hydroxylation is 1. The van der Waals surface area contributed by atoms with Gasteiger partial charge < -0.3 is 66.4 Å². The number of carbonyl (C=O) groups is 10. The Morgan fingerprint density at radius 1 is 0.696 bits per heavy atom. The molecule has 10 N–H and O–H groups in total. The van der Waals surface area contributed by atoms with E-state index >= 15 is 0 Å². The maximum atomic E-state index is 14.2. The lowest BCUT2D eigenvalue weighted by molar-refractivity contribution is -0.142. The van der Waals surface area contributed by atoms with E-state index < -0.39 is 87.2 Å². The van der Waals surface area contributed by atoms with E-state index in [1.165, 1.54) is 55.2 Å². The highest BCUT2D eigenvalue weighted by Gasteiger charge is 2.41. The lowest BCUT2D eigenvalue weighted by Gasteiger charge is -2.24. The van der Waals surface area contributed by atoms with Gasteiger partial charge in [-0.15, -0.1) is 0 Å². The van der Waals surface area contributed by atoms with Crippen LogP contribution in [0.25, 0.3) is 10.9 Å². The molecule has 1 saturated carbocycles. The molecule has 3 atom stereocenters. The number of benzene rings is 1. The van der Waals surface area contributed by atoms with Gasteiger partial charge in [-0.25, -0.2) is 22.9 Å². The Hall–Kier alpha value is -7.19. The van der Waals surface area contributed by atoms with Crippen LogP contribution in [0.15, 0.2) is 34.9 Å². The van der Waals surface area contributed by atoms with E-state index in [2.05, 4.69) is 57.3 Å². The molecule has 5 rings (SSSR count). The summed E-state index contributed by atoms with van der Waals surface area (Å²) in [4.78, 5) is 131. The van der Waals surface area contributed by atoms with E-state index in [1.54, 1.807) is 19.1 Å². The van der Waals surface area contributed by atoms with Crippen molar-refractivity contribution in [2.75, 3.05) is 84.4 Å². The summed E-state index contributed by atoms with van der Waals surface area (Å²) in [6.45, 7) is 1.78. The van der Waals surface area contributed by atoms with Crippen molar-refractivity contribution >= 4 is 102 Å². The largest absolute Gasteiger partial charge is 0.481 e. The van der Waals surface area contributed by atoms with Crippen LogP contribution in [0.1, 0.15) is 161 Å². The van der Waals surface area contributed by atoms with Crippen LogP contribution in [-0.4, -0.2) is 194 Å². The second kappa shape index (κ2) is 40.7. The summed E-state index contributed by atoms with van der Waals surface area (Å²) in [6.07, 6.45) is 16.1. The maximum Gasteiger partial charge on any atom is 0.326 e. The highest BCUT2D eigenvalue weighted by atomic mass is 79.9. The molecule has 2 aromatic heterocycles. The number of nitrogens with two attached hydrogens (primary N) is 1. The smallest absolute Gasteiger partial charge is 0.326 e. The van der Waals surface area contributed by atoms with Crippen LogP contribution >= 0.6 is 15.9 Å². The minimum atomic E-state index is -3.90. The molecule has 510 valence electrons. The molecule has 0 unspecified atom stereocenters. The molecule has 8 amide bonds. The summed E-state index contributed by atoms with van der Waals surface area (Å²) < 4.78 is 50.4. The standard InChI is InChI=1S/C61H90BrN11O18S/c1-41-18-24-49(62)68-58(41)69-60(83)48-34-42(37-72(48)54(78)38-73-47-35-43(19-22-45(47)56(70-73)57(63)81)59(82)71-92(86,87)44-20-21-44)36-66-53(77)40-91-33-31-89-29-27-65-52(76)39-90-32-30-88-28-26-64-50(74)25-23-46(61(84)85)67-51(75)16-14-12-10-8-6-4-2-3-5-7-9-11-13-15-17-55(79)80/h18-19,22,24,35,42,44,46,48H,2-17,20-21,23,25-34,36-40H2,1H3,(H2,63,81)(H,64,74)(H,65,76)(H,66,77)(H,67,75)(H,71,82)(H,79,80)(H,84,85)(H,68,69,83)/t42-,46+,48+/m1/s1. The quantitative estimate of drug-likeness (QED) is 0.0287. The number of carboxylic acid groups (broad SMARTS) is 2. The fourth-order valence-electron chi connectivity index (χ4n) is 10.1. The van der Waals surface area contributed by atoms with Gasteiger partial charge in [0.1, 0.15) is 42.3 Å². The molecule has 1 saturated heterocycles. The molecule has 0 bridgehead atoms. The summed E-state index contributed by atoms with van der Waals surface area (Å²) in [5.41, 5.74) is 6.14. The van der Waals surface area contributed by atoms with Gasteiger partial charge >= 0.3 is 11.9 Å². The van der Waals surface area contributed by atoms with Gasteiger partial charge in [0.05, 0.1) is 50.4 Å². The number of primary amides is 1. The topological polar surface area (TPSA) is 414 Å². The third-order valence-electron chi connectivity index (χ3n) is 15.3. The zero-order valence-corrected chi connectivity index (χ0v) is 54.7. The van der Waals surface area contributed by atoms with E-state index in [4.69, 9.17) is 29.8 Å². The summed E-state index contributed by atoms with van der Waals surface area (Å²) in [5.74, 6) is -6.68. The van der Waals surface area contributed by atoms with Crippen LogP contribution in [0.5, 0.6) is 0 Å². The highest BCUT2D eigenvalue weighted by molar-refractivity contribution is 9.10. The molecule has 1 aliphatic heterocycles. The average molecular weight is 1380 g/mol. The molecule has 0 radical (unpaired) electrons. The number of carbonyl (C=O) groups excluding carboxylic acids is 8. The Morgan fingerprint density at radius 3 is 1.84 bits per heavy atom. The Labute approximate surface area is 544 Å². The summed E-state index contributed by atoms with van der Waals surface area (Å²) in [7, 11) is -3.90. The number of aliphatic carboxylic acids is 2. The molecule has 3 heterocycles. The molecule has 2 aliphatic rings. The Morgan fingerprint density at radius 2 is 1.26 bits per heavy atom. The number of sulfonamides is 1. The Kier molecular flexibility index (Phi) is 33.4. The van der Waals surface area contributed by atoms with Gasteiger partial charge in [0.15, 0.2) is 5.69 Å². The summed E-state index contributed by atoms with van der Waals surface area (Å²) in [5, 5.41) is 35.5. The van der Waals surface area contributed by atoms with Gasteiger partial charge in [0.25, 0.3) is 11.8 Å². The van der Waals surface area contributed by atoms with Crippen molar-refractivity contribution in [2.45, 2.75) is 166 Å². The zero-order chi connectivity index (χ0) is 66.8. The molecule has 92 heavy (non-hydrogen) atoms. The molecule has 31 heteroatoms. The fraction of sp³-hybridized carbons (Fsp3) is 0.639. The molecular formula is C61H90BrN11O18S. The molecule has 2 fully saturated rings. The monoisotopic (exact) mass is 1380 g/mol. The number of aromatic nitrogens is 3. The number of hydrogen-bond acceptors (Lipinski definition) is 18. The number of fused-ring (bicyclic) bond motifs is 1. The first-order chi connectivity index (χ1) is 44.1. The van der Waals surface area contributed by atoms with Crippen LogP contribution in [-0.2, 0) is 73.9 Å². The summed E-state index contributed by atoms with van der Waals surface area (Å²) >= 11 is 3.31. The van der Waals surface area contributed by atoms with Crippen molar-refractivity contribution in [3.05, 3.63) is 51.8 Å². The number of unbranched alkanes of at least 4 members (excludes halogenated alkanes) is 13. The van der Waals surface area contributed by atoms with Gasteiger partial charge in [-0.2, -0.15) is 5.10 Å². The van der Waals surface area contributed by atoms with Crippen LogP contribution in [0, 0.1) is 12.8 Å². The highest BCUT2D eigenvalue weighted by Crippen LogP contribution is 2.29. The van der Waals surface area contributed by atoms with Crippen LogP contribution in [0.4, 0.5) is 5.82 Å². The van der Waals surface area contributed by atoms with E-state index in [0.717, 1.165) is 56.0 Å². The number of rotatable bonds is 48. The number of halogens is 1. The first kappa shape index (κ1) is 75.5.